The lowest BCUT2D eigenvalue weighted by Crippen LogP contribution is -2.41. The van der Waals surface area contributed by atoms with Crippen LogP contribution in [0.2, 0.25) is 0 Å². The minimum atomic E-state index is -0.810. The van der Waals surface area contributed by atoms with Gasteiger partial charge in [-0.15, -0.1) is 0 Å². The maximum atomic E-state index is 12.2. The summed E-state index contributed by atoms with van der Waals surface area (Å²) in [5.41, 5.74) is 5.77. The lowest BCUT2D eigenvalue weighted by molar-refractivity contribution is -0.124. The average Bonchev–Trinajstić information content (AvgIpc) is 3.19. The van der Waals surface area contributed by atoms with Crippen LogP contribution in [0.3, 0.4) is 0 Å². The van der Waals surface area contributed by atoms with Crippen LogP contribution in [0.25, 0.3) is 0 Å². The molecule has 1 aromatic carbocycles. The van der Waals surface area contributed by atoms with Crippen molar-refractivity contribution < 1.29 is 10.0 Å². The van der Waals surface area contributed by atoms with Crippen molar-refractivity contribution in [2.75, 3.05) is 0 Å². The van der Waals surface area contributed by atoms with E-state index in [1.165, 1.54) is 0 Å². The Kier molecular flexibility index (Phi) is 3.80. The Morgan fingerprint density at radius 2 is 2.26 bits per heavy atom. The molecule has 1 unspecified atom stereocenters. The molecule has 5 nitrogen and oxygen atoms in total. The number of oxime groups is 1. The van der Waals surface area contributed by atoms with Crippen molar-refractivity contribution in [1.82, 2.24) is 5.32 Å². The Hall–Kier alpha value is -1.56. The molecule has 1 saturated carbocycles. The fourth-order valence-electron chi connectivity index (χ4n) is 2.01. The Morgan fingerprint density at radius 3 is 2.79 bits per heavy atom. The maximum absolute atomic E-state index is 12.2. The molecule has 19 heavy (non-hydrogen) atoms. The number of nitrogens with zero attached hydrogens (tertiary/aromatic N) is 1. The van der Waals surface area contributed by atoms with Gasteiger partial charge in [0.15, 0.2) is 5.84 Å². The van der Waals surface area contributed by atoms with Crippen LogP contribution in [0.15, 0.2) is 33.9 Å². The zero-order chi connectivity index (χ0) is 14.0. The van der Waals surface area contributed by atoms with Gasteiger partial charge in [0.05, 0.1) is 6.04 Å². The van der Waals surface area contributed by atoms with Crippen molar-refractivity contribution in [2.24, 2.45) is 16.3 Å². The zero-order valence-corrected chi connectivity index (χ0v) is 12.1. The highest BCUT2D eigenvalue weighted by Crippen LogP contribution is 2.46. The molecule has 0 saturated heterocycles. The fourth-order valence-corrected chi connectivity index (χ4v) is 2.43. The van der Waals surface area contributed by atoms with E-state index in [4.69, 9.17) is 10.9 Å². The van der Waals surface area contributed by atoms with Crippen LogP contribution in [0.4, 0.5) is 0 Å². The number of rotatable bonds is 4. The number of carbonyl (C=O) groups is 1. The predicted molar refractivity (Wildman–Crippen MR) is 75.8 cm³/mol. The van der Waals surface area contributed by atoms with Gasteiger partial charge in [-0.25, -0.2) is 0 Å². The van der Waals surface area contributed by atoms with E-state index >= 15 is 0 Å². The van der Waals surface area contributed by atoms with Crippen LogP contribution in [0.5, 0.6) is 0 Å². The van der Waals surface area contributed by atoms with E-state index in [9.17, 15) is 4.79 Å². The number of amides is 1. The highest BCUT2D eigenvalue weighted by atomic mass is 79.9. The number of carbonyl (C=O) groups excluding carboxylic acids is 1. The van der Waals surface area contributed by atoms with Gasteiger partial charge in [0.25, 0.3) is 0 Å². The molecule has 2 rings (SSSR count). The molecule has 0 aliphatic heterocycles. The van der Waals surface area contributed by atoms with Crippen LogP contribution in [0.1, 0.15) is 31.4 Å². The number of nitrogens with two attached hydrogens (primary N) is 1. The second kappa shape index (κ2) is 5.21. The standard InChI is InChI=1S/C13H16BrN3O2/c1-8(9-3-2-4-10(14)7-9)16-12(18)13(5-6-13)11(15)17-19/h2-4,7-8,19H,5-6H2,1H3,(H2,15,17)(H,16,18). The van der Waals surface area contributed by atoms with E-state index in [0.29, 0.717) is 12.8 Å². The quantitative estimate of drug-likeness (QED) is 0.343. The molecule has 1 aliphatic carbocycles. The molecular weight excluding hydrogens is 310 g/mol. The molecule has 4 N–H and O–H groups in total. The predicted octanol–water partition coefficient (Wildman–Crippen LogP) is 2.15. The van der Waals surface area contributed by atoms with Gasteiger partial charge in [-0.05, 0) is 37.5 Å². The van der Waals surface area contributed by atoms with Crippen molar-refractivity contribution in [1.29, 1.82) is 0 Å². The molecule has 0 heterocycles. The number of hydrogen-bond donors (Lipinski definition) is 3. The highest BCUT2D eigenvalue weighted by molar-refractivity contribution is 9.10. The lowest BCUT2D eigenvalue weighted by atomic mass is 10.0. The topological polar surface area (TPSA) is 87.7 Å². The minimum absolute atomic E-state index is 0.00792. The summed E-state index contributed by atoms with van der Waals surface area (Å²) in [5.74, 6) is -0.193. The largest absolute Gasteiger partial charge is 0.409 e. The second-order valence-corrected chi connectivity index (χ2v) is 5.73. The summed E-state index contributed by atoms with van der Waals surface area (Å²) >= 11 is 3.40. The Labute approximate surface area is 120 Å². The van der Waals surface area contributed by atoms with E-state index in [1.54, 1.807) is 0 Å². The molecule has 0 bridgehead atoms. The molecule has 1 atom stereocenters. The monoisotopic (exact) mass is 325 g/mol. The van der Waals surface area contributed by atoms with Gasteiger partial charge in [-0.1, -0.05) is 33.2 Å². The number of halogens is 1. The maximum Gasteiger partial charge on any atom is 0.234 e. The molecule has 0 radical (unpaired) electrons. The molecular formula is C13H16BrN3O2. The molecule has 1 aromatic rings. The van der Waals surface area contributed by atoms with E-state index in [-0.39, 0.29) is 17.8 Å². The van der Waals surface area contributed by atoms with Gasteiger partial charge < -0.3 is 16.3 Å². The van der Waals surface area contributed by atoms with Gasteiger partial charge >= 0.3 is 0 Å². The van der Waals surface area contributed by atoms with Crippen molar-refractivity contribution in [3.63, 3.8) is 0 Å². The SMILES string of the molecule is CC(NC(=O)C1(/C(N)=N/O)CC1)c1cccc(Br)c1. The van der Waals surface area contributed by atoms with Crippen molar-refractivity contribution in [3.05, 3.63) is 34.3 Å². The first-order valence-electron chi connectivity index (χ1n) is 6.04. The van der Waals surface area contributed by atoms with E-state index in [2.05, 4.69) is 26.4 Å². The normalized spacial score (nSPS) is 18.7. The molecule has 6 heteroatoms. The summed E-state index contributed by atoms with van der Waals surface area (Å²) in [7, 11) is 0. The molecule has 1 fully saturated rings. The van der Waals surface area contributed by atoms with Crippen molar-refractivity contribution in [3.8, 4) is 0 Å². The zero-order valence-electron chi connectivity index (χ0n) is 10.6. The Bertz CT molecular complexity index is 526. The number of hydrogen-bond acceptors (Lipinski definition) is 3. The summed E-state index contributed by atoms with van der Waals surface area (Å²) in [6.45, 7) is 1.90. The Balaban J connectivity index is 2.08. The van der Waals surface area contributed by atoms with Gasteiger partial charge in [0.1, 0.15) is 5.41 Å². The van der Waals surface area contributed by atoms with Crippen LogP contribution in [-0.4, -0.2) is 17.0 Å². The summed E-state index contributed by atoms with van der Waals surface area (Å²) in [6.07, 6.45) is 1.25. The van der Waals surface area contributed by atoms with Gasteiger partial charge in [0.2, 0.25) is 5.91 Å². The number of benzene rings is 1. The molecule has 1 aliphatic rings. The fraction of sp³-hybridized carbons (Fsp3) is 0.385. The van der Waals surface area contributed by atoms with Crippen LogP contribution in [0, 0.1) is 5.41 Å². The number of nitrogens with one attached hydrogen (secondary N) is 1. The third kappa shape index (κ3) is 2.73. The smallest absolute Gasteiger partial charge is 0.234 e. The van der Waals surface area contributed by atoms with Crippen LogP contribution in [-0.2, 0) is 4.79 Å². The van der Waals surface area contributed by atoms with Crippen LogP contribution < -0.4 is 11.1 Å². The van der Waals surface area contributed by atoms with Gasteiger partial charge in [0, 0.05) is 4.47 Å². The first-order chi connectivity index (χ1) is 8.99. The summed E-state index contributed by atoms with van der Waals surface area (Å²) in [6, 6.07) is 7.61. The van der Waals surface area contributed by atoms with Crippen molar-refractivity contribution >= 4 is 27.7 Å². The summed E-state index contributed by atoms with van der Waals surface area (Å²) in [5, 5.41) is 14.6. The van der Waals surface area contributed by atoms with Crippen LogP contribution >= 0.6 is 15.9 Å². The molecule has 1 amide bonds. The van der Waals surface area contributed by atoms with Gasteiger partial charge in [-0.3, -0.25) is 4.79 Å². The van der Waals surface area contributed by atoms with Crippen molar-refractivity contribution in [2.45, 2.75) is 25.8 Å². The number of amidine groups is 1. The minimum Gasteiger partial charge on any atom is -0.409 e. The highest BCUT2D eigenvalue weighted by Gasteiger charge is 2.54. The van der Waals surface area contributed by atoms with E-state index < -0.39 is 5.41 Å². The molecule has 0 aromatic heterocycles. The molecule has 102 valence electrons. The summed E-state index contributed by atoms with van der Waals surface area (Å²) in [4.78, 5) is 12.2. The second-order valence-electron chi connectivity index (χ2n) is 4.82. The van der Waals surface area contributed by atoms with Gasteiger partial charge in [-0.2, -0.15) is 0 Å². The van der Waals surface area contributed by atoms with E-state index in [1.807, 2.05) is 31.2 Å². The third-order valence-electron chi connectivity index (χ3n) is 3.48. The third-order valence-corrected chi connectivity index (χ3v) is 3.97. The molecule has 0 spiro atoms. The summed E-state index contributed by atoms with van der Waals surface area (Å²) < 4.78 is 0.962. The first-order valence-corrected chi connectivity index (χ1v) is 6.83. The average molecular weight is 326 g/mol. The Morgan fingerprint density at radius 1 is 1.58 bits per heavy atom. The lowest BCUT2D eigenvalue weighted by Gasteiger charge is -2.19. The first kappa shape index (κ1) is 13.9. The van der Waals surface area contributed by atoms with E-state index in [0.717, 1.165) is 10.0 Å².